The van der Waals surface area contributed by atoms with Gasteiger partial charge in [-0.15, -0.1) is 11.3 Å². The molecule has 0 saturated carbocycles. The van der Waals surface area contributed by atoms with Crippen LogP contribution in [-0.2, 0) is 11.3 Å². The molecule has 30 heavy (non-hydrogen) atoms. The van der Waals surface area contributed by atoms with Gasteiger partial charge in [-0.3, -0.25) is 9.48 Å². The Bertz CT molecular complexity index is 1230. The predicted molar refractivity (Wildman–Crippen MR) is 114 cm³/mol. The molecule has 4 rings (SSSR count). The minimum Gasteiger partial charge on any atom is -0.465 e. The standard InChI is InChI=1S/C22H18FN3O3S/c1-13-18-11-19(20(27)24-17-9-5-15(6-10-17)22(28)29-2)30-21(18)26(25-13)12-14-3-7-16(23)8-4-14/h3-11H,12H2,1-2H3,(H,24,27). The van der Waals surface area contributed by atoms with Crippen molar-refractivity contribution in [2.45, 2.75) is 13.5 Å². The number of carbonyl (C=O) groups is 2. The molecule has 0 fully saturated rings. The molecule has 0 radical (unpaired) electrons. The summed E-state index contributed by atoms with van der Waals surface area (Å²) < 4.78 is 19.6. The van der Waals surface area contributed by atoms with E-state index in [4.69, 9.17) is 0 Å². The molecule has 0 unspecified atom stereocenters. The number of rotatable bonds is 5. The molecule has 1 N–H and O–H groups in total. The lowest BCUT2D eigenvalue weighted by molar-refractivity contribution is 0.0600. The smallest absolute Gasteiger partial charge is 0.337 e. The van der Waals surface area contributed by atoms with Crippen molar-refractivity contribution in [2.24, 2.45) is 0 Å². The number of esters is 1. The van der Waals surface area contributed by atoms with Crippen molar-refractivity contribution >= 4 is 39.1 Å². The Morgan fingerprint density at radius 2 is 1.83 bits per heavy atom. The van der Waals surface area contributed by atoms with E-state index in [0.717, 1.165) is 21.5 Å². The Hall–Kier alpha value is -3.52. The fourth-order valence-electron chi connectivity index (χ4n) is 3.09. The lowest BCUT2D eigenvalue weighted by Crippen LogP contribution is -2.10. The van der Waals surface area contributed by atoms with Crippen molar-refractivity contribution in [2.75, 3.05) is 12.4 Å². The van der Waals surface area contributed by atoms with Gasteiger partial charge >= 0.3 is 5.97 Å². The SMILES string of the molecule is COC(=O)c1ccc(NC(=O)c2cc3c(C)nn(Cc4ccc(F)cc4)c3s2)cc1. The first kappa shape index (κ1) is 19.8. The summed E-state index contributed by atoms with van der Waals surface area (Å²) in [5.74, 6) is -0.955. The molecule has 0 saturated heterocycles. The summed E-state index contributed by atoms with van der Waals surface area (Å²) in [5, 5.41) is 8.29. The molecule has 6 nitrogen and oxygen atoms in total. The van der Waals surface area contributed by atoms with Gasteiger partial charge in [0.25, 0.3) is 5.91 Å². The number of amides is 1. The van der Waals surface area contributed by atoms with Gasteiger partial charge in [0.05, 0.1) is 29.8 Å². The van der Waals surface area contributed by atoms with Crippen LogP contribution in [0.15, 0.2) is 54.6 Å². The summed E-state index contributed by atoms with van der Waals surface area (Å²) in [6.07, 6.45) is 0. The Morgan fingerprint density at radius 1 is 1.13 bits per heavy atom. The predicted octanol–water partition coefficient (Wildman–Crippen LogP) is 4.63. The average molecular weight is 423 g/mol. The lowest BCUT2D eigenvalue weighted by atomic mass is 10.2. The van der Waals surface area contributed by atoms with E-state index in [9.17, 15) is 14.0 Å². The average Bonchev–Trinajstić information content (AvgIpc) is 3.31. The third-order valence-corrected chi connectivity index (χ3v) is 5.79. The topological polar surface area (TPSA) is 73.2 Å². The van der Waals surface area contributed by atoms with Gasteiger partial charge in [0.15, 0.2) is 0 Å². The highest BCUT2D eigenvalue weighted by atomic mass is 32.1. The molecule has 0 spiro atoms. The molecular weight excluding hydrogens is 405 g/mol. The summed E-state index contributed by atoms with van der Waals surface area (Å²) in [6, 6.07) is 14.6. The van der Waals surface area contributed by atoms with Gasteiger partial charge in [-0.05, 0) is 55.0 Å². The fraction of sp³-hybridized carbons (Fsp3) is 0.136. The fourth-order valence-corrected chi connectivity index (χ4v) is 4.15. The Morgan fingerprint density at radius 3 is 2.50 bits per heavy atom. The summed E-state index contributed by atoms with van der Waals surface area (Å²) in [4.78, 5) is 25.7. The number of hydrogen-bond acceptors (Lipinski definition) is 5. The summed E-state index contributed by atoms with van der Waals surface area (Å²) in [5.41, 5.74) is 2.74. The van der Waals surface area contributed by atoms with E-state index >= 15 is 0 Å². The quantitative estimate of drug-likeness (QED) is 0.475. The van der Waals surface area contributed by atoms with Crippen LogP contribution < -0.4 is 5.32 Å². The molecule has 1 amide bonds. The van der Waals surface area contributed by atoms with Gasteiger partial charge in [-0.1, -0.05) is 12.1 Å². The van der Waals surface area contributed by atoms with Crippen LogP contribution in [0.4, 0.5) is 10.1 Å². The van der Waals surface area contributed by atoms with E-state index in [-0.39, 0.29) is 11.7 Å². The summed E-state index contributed by atoms with van der Waals surface area (Å²) in [7, 11) is 1.32. The number of thiophene rings is 1. The minimum atomic E-state index is -0.432. The molecule has 0 atom stereocenters. The number of methoxy groups -OCH3 is 1. The number of benzene rings is 2. The molecule has 8 heteroatoms. The molecule has 0 aliphatic carbocycles. The number of halogens is 1. The second kappa shape index (κ2) is 8.08. The first-order chi connectivity index (χ1) is 14.4. The van der Waals surface area contributed by atoms with Crippen LogP contribution in [0.1, 0.15) is 31.3 Å². The number of carbonyl (C=O) groups excluding carboxylic acids is 2. The van der Waals surface area contributed by atoms with Crippen LogP contribution in [0, 0.1) is 12.7 Å². The number of aryl methyl sites for hydroxylation is 1. The van der Waals surface area contributed by atoms with Crippen LogP contribution in [0.5, 0.6) is 0 Å². The largest absolute Gasteiger partial charge is 0.465 e. The minimum absolute atomic E-state index is 0.241. The van der Waals surface area contributed by atoms with E-state index in [0.29, 0.717) is 22.7 Å². The lowest BCUT2D eigenvalue weighted by Gasteiger charge is -2.05. The van der Waals surface area contributed by atoms with Crippen LogP contribution in [0.25, 0.3) is 10.2 Å². The Balaban J connectivity index is 1.55. The summed E-state index contributed by atoms with van der Waals surface area (Å²) >= 11 is 1.35. The molecule has 0 aliphatic heterocycles. The number of aromatic nitrogens is 2. The third kappa shape index (κ3) is 3.95. The van der Waals surface area contributed by atoms with Crippen molar-refractivity contribution in [3.05, 3.63) is 82.1 Å². The zero-order valence-electron chi connectivity index (χ0n) is 16.3. The van der Waals surface area contributed by atoms with Gasteiger partial charge in [0.2, 0.25) is 0 Å². The maximum absolute atomic E-state index is 13.1. The third-order valence-electron chi connectivity index (χ3n) is 4.64. The van der Waals surface area contributed by atoms with Crippen molar-refractivity contribution in [1.82, 2.24) is 9.78 Å². The normalized spacial score (nSPS) is 10.9. The van der Waals surface area contributed by atoms with Gasteiger partial charge in [0.1, 0.15) is 10.6 Å². The van der Waals surface area contributed by atoms with E-state index in [1.54, 1.807) is 36.4 Å². The van der Waals surface area contributed by atoms with Crippen molar-refractivity contribution < 1.29 is 18.7 Å². The van der Waals surface area contributed by atoms with Crippen molar-refractivity contribution in [3.8, 4) is 0 Å². The van der Waals surface area contributed by atoms with E-state index < -0.39 is 5.97 Å². The van der Waals surface area contributed by atoms with Crippen LogP contribution in [0.2, 0.25) is 0 Å². The Labute approximate surface area is 175 Å². The number of anilines is 1. The van der Waals surface area contributed by atoms with Gasteiger partial charge < -0.3 is 10.1 Å². The maximum atomic E-state index is 13.1. The van der Waals surface area contributed by atoms with Crippen LogP contribution in [-0.4, -0.2) is 28.8 Å². The first-order valence-electron chi connectivity index (χ1n) is 9.15. The molecule has 152 valence electrons. The number of ether oxygens (including phenoxy) is 1. The zero-order valence-corrected chi connectivity index (χ0v) is 17.1. The van der Waals surface area contributed by atoms with Gasteiger partial charge in [0, 0.05) is 11.1 Å². The molecule has 2 aromatic heterocycles. The molecular formula is C22H18FN3O3S. The van der Waals surface area contributed by atoms with Gasteiger partial charge in [-0.25, -0.2) is 9.18 Å². The summed E-state index contributed by atoms with van der Waals surface area (Å²) in [6.45, 7) is 2.38. The highest BCUT2D eigenvalue weighted by Gasteiger charge is 2.17. The maximum Gasteiger partial charge on any atom is 0.337 e. The molecule has 0 aliphatic rings. The molecule has 2 heterocycles. The first-order valence-corrected chi connectivity index (χ1v) is 9.97. The number of fused-ring (bicyclic) bond motifs is 1. The number of nitrogens with zero attached hydrogens (tertiary/aromatic N) is 2. The van der Waals surface area contributed by atoms with Gasteiger partial charge in [-0.2, -0.15) is 5.10 Å². The van der Waals surface area contributed by atoms with Crippen LogP contribution in [0.3, 0.4) is 0 Å². The van der Waals surface area contributed by atoms with Crippen molar-refractivity contribution in [1.29, 1.82) is 0 Å². The van der Waals surface area contributed by atoms with E-state index in [1.165, 1.54) is 30.6 Å². The molecule has 0 bridgehead atoms. The molecule has 4 aromatic rings. The monoisotopic (exact) mass is 423 g/mol. The Kier molecular flexibility index (Phi) is 5.33. The number of hydrogen-bond donors (Lipinski definition) is 1. The highest BCUT2D eigenvalue weighted by Crippen LogP contribution is 2.29. The molecule has 2 aromatic carbocycles. The van der Waals surface area contributed by atoms with Crippen molar-refractivity contribution in [3.63, 3.8) is 0 Å². The van der Waals surface area contributed by atoms with E-state index in [2.05, 4.69) is 15.2 Å². The highest BCUT2D eigenvalue weighted by molar-refractivity contribution is 7.20. The second-order valence-electron chi connectivity index (χ2n) is 6.72. The second-order valence-corrected chi connectivity index (χ2v) is 7.75. The van der Waals surface area contributed by atoms with Crippen LogP contribution >= 0.6 is 11.3 Å². The zero-order chi connectivity index (χ0) is 21.3. The number of nitrogens with one attached hydrogen (secondary N) is 1. The van der Waals surface area contributed by atoms with E-state index in [1.807, 2.05) is 17.7 Å².